The van der Waals surface area contributed by atoms with E-state index in [-0.39, 0.29) is 11.3 Å². The molecular formula is C18H22OS. The quantitative estimate of drug-likeness (QED) is 0.753. The molecule has 2 saturated carbocycles. The molecule has 0 amide bonds. The third-order valence-corrected chi connectivity index (χ3v) is 6.69. The van der Waals surface area contributed by atoms with E-state index >= 15 is 0 Å². The number of carbonyl (C=O) groups excluding carboxylic acids is 1. The number of hydrogen-bond acceptors (Lipinski definition) is 2. The van der Waals surface area contributed by atoms with Crippen LogP contribution < -0.4 is 0 Å². The molecule has 0 heterocycles. The first-order valence-corrected chi connectivity index (χ1v) is 8.38. The molecule has 3 rings (SSSR count). The minimum atomic E-state index is -0.253. The van der Waals surface area contributed by atoms with E-state index in [2.05, 4.69) is 44.7 Å². The van der Waals surface area contributed by atoms with Crippen molar-refractivity contribution in [2.24, 2.45) is 23.2 Å². The van der Waals surface area contributed by atoms with Gasteiger partial charge in [-0.1, -0.05) is 38.1 Å². The summed E-state index contributed by atoms with van der Waals surface area (Å²) < 4.78 is 0. The molecule has 0 saturated heterocycles. The van der Waals surface area contributed by atoms with Crippen molar-refractivity contribution in [3.05, 3.63) is 43.0 Å². The lowest BCUT2D eigenvalue weighted by molar-refractivity contribution is -0.152. The Labute approximate surface area is 125 Å². The van der Waals surface area contributed by atoms with Crippen LogP contribution in [0.5, 0.6) is 0 Å². The van der Waals surface area contributed by atoms with Gasteiger partial charge in [0, 0.05) is 16.1 Å². The largest absolute Gasteiger partial charge is 0.298 e. The van der Waals surface area contributed by atoms with Crippen LogP contribution in [0.4, 0.5) is 0 Å². The maximum absolute atomic E-state index is 12.6. The summed E-state index contributed by atoms with van der Waals surface area (Å²) in [6.07, 6.45) is 4.09. The Hall–Kier alpha value is -1.02. The molecule has 2 heteroatoms. The second-order valence-corrected chi connectivity index (χ2v) is 7.65. The zero-order valence-corrected chi connectivity index (χ0v) is 13.0. The molecule has 2 aliphatic carbocycles. The summed E-state index contributed by atoms with van der Waals surface area (Å²) in [5.74, 6) is 1.81. The van der Waals surface area contributed by atoms with E-state index in [0.717, 1.165) is 6.42 Å². The first-order valence-electron chi connectivity index (χ1n) is 7.50. The first kappa shape index (κ1) is 13.9. The van der Waals surface area contributed by atoms with Crippen LogP contribution in [-0.2, 0) is 4.79 Å². The van der Waals surface area contributed by atoms with Gasteiger partial charge in [0.15, 0.2) is 0 Å². The zero-order chi connectivity index (χ0) is 14.3. The number of benzene rings is 1. The number of hydrogen-bond donors (Lipinski definition) is 0. The normalized spacial score (nSPS) is 35.8. The van der Waals surface area contributed by atoms with Crippen molar-refractivity contribution < 1.29 is 4.79 Å². The van der Waals surface area contributed by atoms with Crippen molar-refractivity contribution >= 4 is 17.5 Å². The van der Waals surface area contributed by atoms with E-state index in [0.29, 0.717) is 22.9 Å². The SMILES string of the molecule is C=C[C@@]12CC[C@H](C(C)C)[C@@H](C1=O)[C@H]2Sc1ccccc1. The van der Waals surface area contributed by atoms with Gasteiger partial charge in [-0.3, -0.25) is 4.79 Å². The monoisotopic (exact) mass is 286 g/mol. The topological polar surface area (TPSA) is 17.1 Å². The third-order valence-electron chi connectivity index (χ3n) is 5.17. The second-order valence-electron chi connectivity index (χ2n) is 6.43. The van der Waals surface area contributed by atoms with Gasteiger partial charge in [0.1, 0.15) is 5.78 Å². The number of ketones is 1. The molecule has 0 aromatic heterocycles. The molecule has 1 aromatic rings. The van der Waals surface area contributed by atoms with Crippen LogP contribution in [0.2, 0.25) is 0 Å². The van der Waals surface area contributed by atoms with Gasteiger partial charge in [0.05, 0.1) is 5.41 Å². The molecule has 0 radical (unpaired) electrons. The van der Waals surface area contributed by atoms with Crippen molar-refractivity contribution in [3.8, 4) is 0 Å². The number of carbonyl (C=O) groups is 1. The molecule has 0 spiro atoms. The van der Waals surface area contributed by atoms with Crippen LogP contribution in [0.1, 0.15) is 26.7 Å². The van der Waals surface area contributed by atoms with Gasteiger partial charge in [-0.05, 0) is 36.8 Å². The lowest BCUT2D eigenvalue weighted by atomic mass is 9.47. The third kappa shape index (κ3) is 1.88. The molecule has 20 heavy (non-hydrogen) atoms. The minimum Gasteiger partial charge on any atom is -0.298 e. The summed E-state index contributed by atoms with van der Waals surface area (Å²) >= 11 is 1.88. The highest BCUT2D eigenvalue weighted by Crippen LogP contribution is 2.62. The Morgan fingerprint density at radius 2 is 2.05 bits per heavy atom. The Balaban J connectivity index is 1.88. The van der Waals surface area contributed by atoms with E-state index < -0.39 is 0 Å². The van der Waals surface area contributed by atoms with Gasteiger partial charge in [-0.2, -0.15) is 0 Å². The van der Waals surface area contributed by atoms with Crippen molar-refractivity contribution in [2.75, 3.05) is 0 Å². The molecule has 2 bridgehead atoms. The number of rotatable bonds is 4. The predicted octanol–water partition coefficient (Wildman–Crippen LogP) is 4.58. The molecule has 0 N–H and O–H groups in total. The van der Waals surface area contributed by atoms with Gasteiger partial charge >= 0.3 is 0 Å². The smallest absolute Gasteiger partial charge is 0.148 e. The Morgan fingerprint density at radius 1 is 1.35 bits per heavy atom. The van der Waals surface area contributed by atoms with Gasteiger partial charge in [-0.15, -0.1) is 18.3 Å². The van der Waals surface area contributed by atoms with Crippen LogP contribution in [0.3, 0.4) is 0 Å². The summed E-state index contributed by atoms with van der Waals surface area (Å²) in [5.41, 5.74) is -0.253. The summed E-state index contributed by atoms with van der Waals surface area (Å²) in [6, 6.07) is 10.5. The number of thioether (sulfide) groups is 1. The van der Waals surface area contributed by atoms with E-state index in [1.54, 1.807) is 0 Å². The molecule has 0 unspecified atom stereocenters. The summed E-state index contributed by atoms with van der Waals surface area (Å²) in [4.78, 5) is 13.9. The maximum Gasteiger partial charge on any atom is 0.148 e. The number of allylic oxidation sites excluding steroid dienone is 1. The summed E-state index contributed by atoms with van der Waals surface area (Å²) in [5, 5.41) is 0.385. The standard InChI is InChI=1S/C18H22OS/c1-4-18-11-10-14(12(2)3)15(16(18)19)17(18)20-13-8-6-5-7-9-13/h4-9,12,14-15,17H,1,10-11H2,2-3H3/t14-,15+,17-,18-/m1/s1. The van der Waals surface area contributed by atoms with E-state index in [9.17, 15) is 4.79 Å². The fraction of sp³-hybridized carbons (Fsp3) is 0.500. The maximum atomic E-state index is 12.6. The first-order chi connectivity index (χ1) is 9.60. The molecule has 2 aliphatic rings. The highest BCUT2D eigenvalue weighted by molar-refractivity contribution is 8.00. The minimum absolute atomic E-state index is 0.229. The van der Waals surface area contributed by atoms with Crippen LogP contribution in [0.15, 0.2) is 47.9 Å². The van der Waals surface area contributed by atoms with Gasteiger partial charge in [-0.25, -0.2) is 0 Å². The second kappa shape index (κ2) is 5.07. The van der Waals surface area contributed by atoms with Crippen LogP contribution in [-0.4, -0.2) is 11.0 Å². The molecule has 106 valence electrons. The van der Waals surface area contributed by atoms with E-state index in [4.69, 9.17) is 0 Å². The highest BCUT2D eigenvalue weighted by Gasteiger charge is 2.65. The van der Waals surface area contributed by atoms with Crippen LogP contribution >= 0.6 is 11.8 Å². The van der Waals surface area contributed by atoms with Crippen LogP contribution in [0.25, 0.3) is 0 Å². The van der Waals surface area contributed by atoms with Crippen LogP contribution in [0, 0.1) is 23.2 Å². The molecular weight excluding hydrogens is 264 g/mol. The molecule has 1 aromatic carbocycles. The zero-order valence-electron chi connectivity index (χ0n) is 12.2. The highest BCUT2D eigenvalue weighted by atomic mass is 32.2. The fourth-order valence-corrected chi connectivity index (χ4v) is 5.59. The molecule has 0 aliphatic heterocycles. The lowest BCUT2D eigenvalue weighted by Crippen LogP contribution is -2.65. The molecule has 4 atom stereocenters. The van der Waals surface area contributed by atoms with Crippen molar-refractivity contribution in [2.45, 2.75) is 36.8 Å². The Kier molecular flexibility index (Phi) is 3.53. The lowest BCUT2D eigenvalue weighted by Gasteiger charge is -2.59. The molecule has 2 fully saturated rings. The van der Waals surface area contributed by atoms with Crippen molar-refractivity contribution in [1.82, 2.24) is 0 Å². The number of Topliss-reactive ketones (excluding diaryl/α,β-unsaturated/α-hetero) is 1. The van der Waals surface area contributed by atoms with Crippen molar-refractivity contribution in [3.63, 3.8) is 0 Å². The van der Waals surface area contributed by atoms with E-state index in [1.807, 2.05) is 23.9 Å². The predicted molar refractivity (Wildman–Crippen MR) is 84.8 cm³/mol. The fourth-order valence-electron chi connectivity index (χ4n) is 3.97. The van der Waals surface area contributed by atoms with Gasteiger partial charge in [0.25, 0.3) is 0 Å². The summed E-state index contributed by atoms with van der Waals surface area (Å²) in [7, 11) is 0. The van der Waals surface area contributed by atoms with Gasteiger partial charge in [0.2, 0.25) is 0 Å². The molecule has 1 nitrogen and oxygen atoms in total. The van der Waals surface area contributed by atoms with E-state index in [1.165, 1.54) is 11.3 Å². The van der Waals surface area contributed by atoms with Crippen molar-refractivity contribution in [1.29, 1.82) is 0 Å². The number of fused-ring (bicyclic) bond motifs is 2. The average molecular weight is 286 g/mol. The Morgan fingerprint density at radius 3 is 2.60 bits per heavy atom. The van der Waals surface area contributed by atoms with Gasteiger partial charge < -0.3 is 0 Å². The Bertz CT molecular complexity index is 521. The summed E-state index contributed by atoms with van der Waals surface area (Å²) in [6.45, 7) is 8.47. The average Bonchev–Trinajstić information content (AvgIpc) is 2.48.